The maximum atomic E-state index is 5.79. The Morgan fingerprint density at radius 2 is 1.96 bits per heavy atom. The molecule has 0 unspecified atom stereocenters. The van der Waals surface area contributed by atoms with Crippen LogP contribution >= 0.6 is 0 Å². The van der Waals surface area contributed by atoms with Gasteiger partial charge in [-0.1, -0.05) is 31.5 Å². The summed E-state index contributed by atoms with van der Waals surface area (Å²) < 4.78 is 11.3. The second-order valence-electron chi connectivity index (χ2n) is 6.15. The Hall–Kier alpha value is -2.46. The smallest absolute Gasteiger partial charge is 0.161 e. The van der Waals surface area contributed by atoms with Crippen LogP contribution < -0.4 is 14.8 Å². The highest BCUT2D eigenvalue weighted by Gasteiger charge is 2.06. The van der Waals surface area contributed by atoms with Crippen molar-refractivity contribution in [3.05, 3.63) is 59.8 Å². The van der Waals surface area contributed by atoms with Crippen LogP contribution in [0, 0.1) is 0 Å². The fourth-order valence-corrected chi connectivity index (χ4v) is 2.91. The van der Waals surface area contributed by atoms with Gasteiger partial charge < -0.3 is 19.8 Å². The molecule has 0 bridgehead atoms. The van der Waals surface area contributed by atoms with E-state index >= 15 is 0 Å². The van der Waals surface area contributed by atoms with Crippen molar-refractivity contribution in [1.82, 2.24) is 10.3 Å². The zero-order valence-corrected chi connectivity index (χ0v) is 15.0. The van der Waals surface area contributed by atoms with Crippen LogP contribution in [0.4, 0.5) is 0 Å². The van der Waals surface area contributed by atoms with Gasteiger partial charge in [-0.3, -0.25) is 0 Å². The summed E-state index contributed by atoms with van der Waals surface area (Å²) in [5.41, 5.74) is 3.65. The minimum absolute atomic E-state index is 0.727. The molecule has 3 aromatic rings. The Kier molecular flexibility index (Phi) is 5.96. The molecule has 1 heterocycles. The zero-order chi connectivity index (χ0) is 17.5. The first-order valence-electron chi connectivity index (χ1n) is 8.87. The maximum absolute atomic E-state index is 5.79. The highest BCUT2D eigenvalue weighted by molar-refractivity contribution is 5.82. The van der Waals surface area contributed by atoms with E-state index < -0.39 is 0 Å². The van der Waals surface area contributed by atoms with Gasteiger partial charge in [0.15, 0.2) is 11.5 Å². The molecule has 2 N–H and O–H groups in total. The van der Waals surface area contributed by atoms with Crippen LogP contribution in [0.15, 0.2) is 48.7 Å². The van der Waals surface area contributed by atoms with Gasteiger partial charge in [0, 0.05) is 30.2 Å². The lowest BCUT2D eigenvalue weighted by Gasteiger charge is -2.12. The SMILES string of the molecule is CCCCOc1ccc(CNCc2cccc3[nH]ccc23)cc1OC. The third-order valence-electron chi connectivity index (χ3n) is 4.31. The summed E-state index contributed by atoms with van der Waals surface area (Å²) in [7, 11) is 1.69. The summed E-state index contributed by atoms with van der Waals surface area (Å²) in [6.45, 7) is 4.49. The molecule has 4 nitrogen and oxygen atoms in total. The van der Waals surface area contributed by atoms with Crippen LogP contribution in [0.3, 0.4) is 0 Å². The average Bonchev–Trinajstić information content (AvgIpc) is 3.12. The molecular formula is C21H26N2O2. The lowest BCUT2D eigenvalue weighted by Crippen LogP contribution is -2.13. The summed E-state index contributed by atoms with van der Waals surface area (Å²) in [6, 6.07) is 14.6. The number of aromatic amines is 1. The maximum Gasteiger partial charge on any atom is 0.161 e. The predicted molar refractivity (Wildman–Crippen MR) is 102 cm³/mol. The number of methoxy groups -OCH3 is 1. The lowest BCUT2D eigenvalue weighted by molar-refractivity contribution is 0.288. The van der Waals surface area contributed by atoms with Gasteiger partial charge in [-0.05, 0) is 41.8 Å². The van der Waals surface area contributed by atoms with E-state index in [-0.39, 0.29) is 0 Å². The number of hydrogen-bond donors (Lipinski definition) is 2. The van der Waals surface area contributed by atoms with Crippen molar-refractivity contribution in [2.75, 3.05) is 13.7 Å². The van der Waals surface area contributed by atoms with E-state index in [9.17, 15) is 0 Å². The van der Waals surface area contributed by atoms with E-state index in [1.54, 1.807) is 7.11 Å². The molecule has 0 atom stereocenters. The first-order valence-corrected chi connectivity index (χ1v) is 8.87. The highest BCUT2D eigenvalue weighted by Crippen LogP contribution is 2.28. The number of fused-ring (bicyclic) bond motifs is 1. The quantitative estimate of drug-likeness (QED) is 0.559. The summed E-state index contributed by atoms with van der Waals surface area (Å²) >= 11 is 0. The molecule has 0 aliphatic carbocycles. The third kappa shape index (κ3) is 4.34. The molecule has 0 radical (unpaired) electrons. The van der Waals surface area contributed by atoms with Gasteiger partial charge in [-0.15, -0.1) is 0 Å². The van der Waals surface area contributed by atoms with Gasteiger partial charge in [0.05, 0.1) is 13.7 Å². The highest BCUT2D eigenvalue weighted by atomic mass is 16.5. The summed E-state index contributed by atoms with van der Waals surface area (Å²) in [5.74, 6) is 1.61. The number of aromatic nitrogens is 1. The molecule has 0 fully saturated rings. The number of unbranched alkanes of at least 4 members (excludes halogenated alkanes) is 1. The molecule has 0 saturated heterocycles. The number of benzene rings is 2. The number of rotatable bonds is 9. The van der Waals surface area contributed by atoms with Gasteiger partial charge in [0.1, 0.15) is 0 Å². The van der Waals surface area contributed by atoms with Crippen LogP contribution in [0.1, 0.15) is 30.9 Å². The van der Waals surface area contributed by atoms with E-state index in [0.29, 0.717) is 0 Å². The number of nitrogens with one attached hydrogen (secondary N) is 2. The zero-order valence-electron chi connectivity index (χ0n) is 15.0. The van der Waals surface area contributed by atoms with E-state index in [4.69, 9.17) is 9.47 Å². The fourth-order valence-electron chi connectivity index (χ4n) is 2.91. The minimum Gasteiger partial charge on any atom is -0.493 e. The minimum atomic E-state index is 0.727. The van der Waals surface area contributed by atoms with Gasteiger partial charge in [-0.2, -0.15) is 0 Å². The van der Waals surface area contributed by atoms with E-state index in [0.717, 1.165) is 44.0 Å². The second kappa shape index (κ2) is 8.58. The van der Waals surface area contributed by atoms with Crippen molar-refractivity contribution in [3.63, 3.8) is 0 Å². The fraction of sp³-hybridized carbons (Fsp3) is 0.333. The average molecular weight is 338 g/mol. The number of hydrogen-bond acceptors (Lipinski definition) is 3. The summed E-state index contributed by atoms with van der Waals surface area (Å²) in [5, 5.41) is 4.78. The standard InChI is InChI=1S/C21H26N2O2/c1-3-4-12-25-20-9-8-16(13-21(20)24-2)14-22-15-17-6-5-7-19-18(17)10-11-23-19/h5-11,13,22-23H,3-4,12,14-15H2,1-2H3. The van der Waals surface area contributed by atoms with Crippen LogP contribution in [0.25, 0.3) is 10.9 Å². The van der Waals surface area contributed by atoms with Crippen molar-refractivity contribution in [3.8, 4) is 11.5 Å². The van der Waals surface area contributed by atoms with Crippen molar-refractivity contribution in [1.29, 1.82) is 0 Å². The molecule has 25 heavy (non-hydrogen) atoms. The molecule has 0 spiro atoms. The van der Waals surface area contributed by atoms with E-state index in [1.807, 2.05) is 18.3 Å². The van der Waals surface area contributed by atoms with Gasteiger partial charge >= 0.3 is 0 Å². The monoisotopic (exact) mass is 338 g/mol. The molecule has 0 amide bonds. The van der Waals surface area contributed by atoms with Gasteiger partial charge in [0.25, 0.3) is 0 Å². The largest absolute Gasteiger partial charge is 0.493 e. The first-order chi connectivity index (χ1) is 12.3. The molecular weight excluding hydrogens is 312 g/mol. The third-order valence-corrected chi connectivity index (χ3v) is 4.31. The Balaban J connectivity index is 1.60. The first kappa shape index (κ1) is 17.4. The molecule has 0 aliphatic rings. The molecule has 0 aliphatic heterocycles. The topological polar surface area (TPSA) is 46.3 Å². The molecule has 2 aromatic carbocycles. The molecule has 3 rings (SSSR count). The molecule has 132 valence electrons. The van der Waals surface area contributed by atoms with E-state index in [1.165, 1.54) is 22.0 Å². The Labute approximate surface area is 149 Å². The van der Waals surface area contributed by atoms with Crippen LogP contribution in [0.5, 0.6) is 11.5 Å². The number of ether oxygens (including phenoxy) is 2. The molecule has 1 aromatic heterocycles. The van der Waals surface area contributed by atoms with Crippen molar-refractivity contribution in [2.45, 2.75) is 32.9 Å². The molecule has 4 heteroatoms. The van der Waals surface area contributed by atoms with Crippen LogP contribution in [-0.4, -0.2) is 18.7 Å². The summed E-state index contributed by atoms with van der Waals surface area (Å²) in [6.07, 6.45) is 4.16. The normalized spacial score (nSPS) is 11.0. The van der Waals surface area contributed by atoms with Crippen molar-refractivity contribution < 1.29 is 9.47 Å². The van der Waals surface area contributed by atoms with Crippen LogP contribution in [-0.2, 0) is 13.1 Å². The Morgan fingerprint density at radius 3 is 2.80 bits per heavy atom. The van der Waals surface area contributed by atoms with Gasteiger partial charge in [0.2, 0.25) is 0 Å². The summed E-state index contributed by atoms with van der Waals surface area (Å²) in [4.78, 5) is 3.25. The Morgan fingerprint density at radius 1 is 1.04 bits per heavy atom. The van der Waals surface area contributed by atoms with Crippen LogP contribution in [0.2, 0.25) is 0 Å². The van der Waals surface area contributed by atoms with Crippen molar-refractivity contribution in [2.24, 2.45) is 0 Å². The second-order valence-corrected chi connectivity index (χ2v) is 6.15. The van der Waals surface area contributed by atoms with Gasteiger partial charge in [-0.25, -0.2) is 0 Å². The van der Waals surface area contributed by atoms with Crippen molar-refractivity contribution >= 4 is 10.9 Å². The Bertz CT molecular complexity index is 811. The number of H-pyrrole nitrogens is 1. The predicted octanol–water partition coefficient (Wildman–Crippen LogP) is 4.65. The molecule has 0 saturated carbocycles. The van der Waals surface area contributed by atoms with E-state index in [2.05, 4.69) is 47.6 Å². The lowest BCUT2D eigenvalue weighted by atomic mass is 10.1.